The van der Waals surface area contributed by atoms with Crippen molar-refractivity contribution in [3.8, 4) is 11.5 Å². The Bertz CT molecular complexity index is 1160. The smallest absolute Gasteiger partial charge is 0.259 e. The number of carbonyl (C=O) groups is 1. The first-order valence-corrected chi connectivity index (χ1v) is 10.6. The van der Waals surface area contributed by atoms with E-state index in [9.17, 15) is 13.2 Å². The van der Waals surface area contributed by atoms with E-state index in [1.807, 2.05) is 36.4 Å². The van der Waals surface area contributed by atoms with E-state index < -0.39 is 15.9 Å². The van der Waals surface area contributed by atoms with Crippen molar-refractivity contribution < 1.29 is 22.7 Å². The van der Waals surface area contributed by atoms with Gasteiger partial charge in [-0.15, -0.1) is 0 Å². The summed E-state index contributed by atoms with van der Waals surface area (Å²) in [5, 5.41) is 7.96. The summed E-state index contributed by atoms with van der Waals surface area (Å²) in [4.78, 5) is 12.7. The van der Waals surface area contributed by atoms with Gasteiger partial charge in [0.25, 0.3) is 5.91 Å². The number of amides is 1. The minimum Gasteiger partial charge on any atom is -0.496 e. The van der Waals surface area contributed by atoms with Crippen molar-refractivity contribution in [3.63, 3.8) is 0 Å². The van der Waals surface area contributed by atoms with E-state index in [-0.39, 0.29) is 16.2 Å². The highest BCUT2D eigenvalue weighted by molar-refractivity contribution is 7.89. The van der Waals surface area contributed by atoms with Crippen molar-refractivity contribution in [2.45, 2.75) is 11.3 Å². The van der Waals surface area contributed by atoms with Crippen molar-refractivity contribution in [2.24, 2.45) is 5.14 Å². The maximum absolute atomic E-state index is 12.8. The second-order valence-corrected chi connectivity index (χ2v) is 8.11. The predicted octanol–water partition coefficient (Wildman–Crippen LogP) is 3.19. The number of carbonyl (C=O) groups excluding carboxylic acids is 1. The van der Waals surface area contributed by atoms with Crippen LogP contribution in [0, 0.1) is 0 Å². The van der Waals surface area contributed by atoms with E-state index >= 15 is 0 Å². The second kappa shape index (κ2) is 8.98. The molecule has 30 heavy (non-hydrogen) atoms. The Morgan fingerprint density at radius 2 is 1.60 bits per heavy atom. The van der Waals surface area contributed by atoms with Crippen molar-refractivity contribution in [1.29, 1.82) is 0 Å². The molecule has 0 aromatic heterocycles. The van der Waals surface area contributed by atoms with Gasteiger partial charge in [-0.05, 0) is 42.0 Å². The summed E-state index contributed by atoms with van der Waals surface area (Å²) in [5.41, 5.74) is 2.59. The lowest BCUT2D eigenvalue weighted by Gasteiger charge is -2.13. The van der Waals surface area contributed by atoms with E-state index in [4.69, 9.17) is 14.6 Å². The van der Waals surface area contributed by atoms with Gasteiger partial charge in [-0.2, -0.15) is 0 Å². The van der Waals surface area contributed by atoms with E-state index in [1.54, 1.807) is 19.2 Å². The van der Waals surface area contributed by atoms with Gasteiger partial charge in [0.05, 0.1) is 24.7 Å². The van der Waals surface area contributed by atoms with Gasteiger partial charge >= 0.3 is 0 Å². The van der Waals surface area contributed by atoms with Crippen LogP contribution in [0.5, 0.6) is 11.5 Å². The van der Waals surface area contributed by atoms with Crippen LogP contribution < -0.4 is 19.9 Å². The quantitative estimate of drug-likeness (QED) is 0.603. The largest absolute Gasteiger partial charge is 0.496 e. The number of benzene rings is 3. The SMILES string of the molecule is COc1ccc(NC(=O)c2cc(S(N)(=O)=O)ccc2OC)cc1Cc1ccccc1. The van der Waals surface area contributed by atoms with Crippen molar-refractivity contribution in [1.82, 2.24) is 0 Å². The fraction of sp³-hybridized carbons (Fsp3) is 0.136. The molecular weight excluding hydrogens is 404 g/mol. The van der Waals surface area contributed by atoms with E-state index in [0.29, 0.717) is 17.9 Å². The third kappa shape index (κ3) is 4.97. The number of nitrogens with one attached hydrogen (secondary N) is 1. The number of anilines is 1. The molecule has 0 heterocycles. The lowest BCUT2D eigenvalue weighted by atomic mass is 10.0. The minimum absolute atomic E-state index is 0.0597. The second-order valence-electron chi connectivity index (χ2n) is 6.55. The standard InChI is InChI=1S/C22H22N2O5S/c1-28-20-10-8-17(13-16(20)12-15-6-4-3-5-7-15)24-22(25)19-14-18(30(23,26)27)9-11-21(19)29-2/h3-11,13-14H,12H2,1-2H3,(H,24,25)(H2,23,26,27). The molecule has 0 saturated carbocycles. The molecule has 0 radical (unpaired) electrons. The third-order valence-electron chi connectivity index (χ3n) is 4.52. The molecule has 7 nitrogen and oxygen atoms in total. The molecule has 0 unspecified atom stereocenters. The van der Waals surface area contributed by atoms with Crippen LogP contribution in [-0.4, -0.2) is 28.5 Å². The number of ether oxygens (including phenoxy) is 2. The fourth-order valence-electron chi connectivity index (χ4n) is 3.05. The molecule has 0 aliphatic carbocycles. The van der Waals surface area contributed by atoms with Gasteiger partial charge in [0.2, 0.25) is 10.0 Å². The molecule has 0 spiro atoms. The summed E-state index contributed by atoms with van der Waals surface area (Å²) in [7, 11) is -0.973. The molecule has 8 heteroatoms. The number of nitrogens with two attached hydrogens (primary N) is 1. The topological polar surface area (TPSA) is 108 Å². The zero-order chi connectivity index (χ0) is 21.7. The first-order chi connectivity index (χ1) is 14.3. The monoisotopic (exact) mass is 426 g/mol. The van der Waals surface area contributed by atoms with Crippen molar-refractivity contribution in [3.05, 3.63) is 83.4 Å². The van der Waals surface area contributed by atoms with Gasteiger partial charge in [-0.1, -0.05) is 30.3 Å². The molecule has 0 fully saturated rings. The van der Waals surface area contributed by atoms with Gasteiger partial charge in [-0.3, -0.25) is 4.79 Å². The fourth-order valence-corrected chi connectivity index (χ4v) is 3.59. The number of sulfonamides is 1. The van der Waals surface area contributed by atoms with Gasteiger partial charge in [0.15, 0.2) is 0 Å². The number of rotatable bonds is 7. The molecule has 3 aromatic rings. The van der Waals surface area contributed by atoms with Crippen LogP contribution in [0.15, 0.2) is 71.6 Å². The van der Waals surface area contributed by atoms with Crippen LogP contribution in [0.2, 0.25) is 0 Å². The average molecular weight is 426 g/mol. The van der Waals surface area contributed by atoms with Crippen LogP contribution >= 0.6 is 0 Å². The Morgan fingerprint density at radius 1 is 0.933 bits per heavy atom. The summed E-state index contributed by atoms with van der Waals surface area (Å²) >= 11 is 0. The zero-order valence-corrected chi connectivity index (χ0v) is 17.4. The first kappa shape index (κ1) is 21.4. The van der Waals surface area contributed by atoms with E-state index in [1.165, 1.54) is 25.3 Å². The van der Waals surface area contributed by atoms with E-state index in [0.717, 1.165) is 11.1 Å². The summed E-state index contributed by atoms with van der Waals surface area (Å²) in [6, 6.07) is 19.0. The Hall–Kier alpha value is -3.36. The lowest BCUT2D eigenvalue weighted by Crippen LogP contribution is -2.17. The van der Waals surface area contributed by atoms with E-state index in [2.05, 4.69) is 5.32 Å². The minimum atomic E-state index is -3.96. The lowest BCUT2D eigenvalue weighted by molar-refractivity contribution is 0.102. The molecule has 0 atom stereocenters. The molecule has 0 saturated heterocycles. The van der Waals surface area contributed by atoms with Crippen LogP contribution in [-0.2, 0) is 16.4 Å². The number of primary sulfonamides is 1. The highest BCUT2D eigenvalue weighted by Gasteiger charge is 2.18. The maximum atomic E-state index is 12.8. The van der Waals surface area contributed by atoms with Crippen LogP contribution in [0.1, 0.15) is 21.5 Å². The van der Waals surface area contributed by atoms with Crippen LogP contribution in [0.4, 0.5) is 5.69 Å². The highest BCUT2D eigenvalue weighted by Crippen LogP contribution is 2.27. The molecule has 1 amide bonds. The van der Waals surface area contributed by atoms with Crippen molar-refractivity contribution in [2.75, 3.05) is 19.5 Å². The summed E-state index contributed by atoms with van der Waals surface area (Å²) < 4.78 is 33.9. The average Bonchev–Trinajstić information content (AvgIpc) is 2.73. The molecule has 0 aliphatic rings. The van der Waals surface area contributed by atoms with Gasteiger partial charge in [-0.25, -0.2) is 13.6 Å². The Balaban J connectivity index is 1.91. The molecule has 3 N–H and O–H groups in total. The van der Waals surface area contributed by atoms with Crippen LogP contribution in [0.25, 0.3) is 0 Å². The van der Waals surface area contributed by atoms with Gasteiger partial charge in [0.1, 0.15) is 11.5 Å². The molecule has 0 bridgehead atoms. The van der Waals surface area contributed by atoms with Crippen molar-refractivity contribution >= 4 is 21.6 Å². The predicted molar refractivity (Wildman–Crippen MR) is 115 cm³/mol. The Kier molecular flexibility index (Phi) is 6.39. The van der Waals surface area contributed by atoms with Gasteiger partial charge in [0, 0.05) is 17.7 Å². The number of hydrogen-bond donors (Lipinski definition) is 2. The molecule has 0 aliphatic heterocycles. The molecule has 156 valence electrons. The first-order valence-electron chi connectivity index (χ1n) is 9.05. The molecule has 3 aromatic carbocycles. The summed E-state index contributed by atoms with van der Waals surface area (Å²) in [6.45, 7) is 0. The third-order valence-corrected chi connectivity index (χ3v) is 5.43. The maximum Gasteiger partial charge on any atom is 0.259 e. The summed E-state index contributed by atoms with van der Waals surface area (Å²) in [6.07, 6.45) is 0.623. The highest BCUT2D eigenvalue weighted by atomic mass is 32.2. The Morgan fingerprint density at radius 3 is 2.23 bits per heavy atom. The van der Waals surface area contributed by atoms with Gasteiger partial charge < -0.3 is 14.8 Å². The Labute approximate surface area is 175 Å². The normalized spacial score (nSPS) is 11.0. The summed E-state index contributed by atoms with van der Waals surface area (Å²) in [5.74, 6) is 0.414. The molecule has 3 rings (SSSR count). The zero-order valence-electron chi connectivity index (χ0n) is 16.6. The number of methoxy groups -OCH3 is 2. The number of hydrogen-bond acceptors (Lipinski definition) is 5. The van der Waals surface area contributed by atoms with Crippen LogP contribution in [0.3, 0.4) is 0 Å². The molecular formula is C22H22N2O5S.